The summed E-state index contributed by atoms with van der Waals surface area (Å²) in [7, 11) is 0. The summed E-state index contributed by atoms with van der Waals surface area (Å²) in [6, 6.07) is 10.7. The smallest absolute Gasteiger partial charge is 0.295 e. The lowest BCUT2D eigenvalue weighted by Crippen LogP contribution is -2.32. The summed E-state index contributed by atoms with van der Waals surface area (Å²) < 4.78 is 40.6. The maximum atomic E-state index is 13.6. The summed E-state index contributed by atoms with van der Waals surface area (Å²) in [4.78, 5) is 29.9. The molecule has 0 fully saturated rings. The largest absolute Gasteiger partial charge is 0.406 e. The molecule has 2 aromatic carbocycles. The third-order valence-electron chi connectivity index (χ3n) is 3.62. The maximum Gasteiger partial charge on any atom is 0.295 e. The van der Waals surface area contributed by atoms with Gasteiger partial charge in [0.1, 0.15) is 29.6 Å². The molecular formula is C19H13F3N2O3. The molecule has 0 spiro atoms. The van der Waals surface area contributed by atoms with Crippen LogP contribution in [0.5, 0.6) is 0 Å². The van der Waals surface area contributed by atoms with E-state index in [1.54, 1.807) is 0 Å². The van der Waals surface area contributed by atoms with Crippen molar-refractivity contribution >= 4 is 11.6 Å². The molecular weight excluding hydrogens is 361 g/mol. The van der Waals surface area contributed by atoms with Gasteiger partial charge < -0.3 is 10.2 Å². The van der Waals surface area contributed by atoms with Crippen LogP contribution in [-0.4, -0.2) is 10.6 Å². The molecule has 0 atom stereocenters. The number of hydrogen-bond donors (Lipinski definition) is 1. The Labute approximate surface area is 151 Å². The van der Waals surface area contributed by atoms with E-state index >= 15 is 0 Å². The average Bonchev–Trinajstić information content (AvgIpc) is 2.65. The topological polar surface area (TPSA) is 60.3 Å². The molecule has 27 heavy (non-hydrogen) atoms. The number of hydrogen-bond acceptors (Lipinski definition) is 3. The molecule has 138 valence electrons. The van der Waals surface area contributed by atoms with Gasteiger partial charge in [0, 0.05) is 12.3 Å². The van der Waals surface area contributed by atoms with E-state index in [0.717, 1.165) is 22.9 Å². The van der Waals surface area contributed by atoms with Gasteiger partial charge in [0.25, 0.3) is 11.5 Å². The number of nitrogens with one attached hydrogen (secondary N) is 1. The Balaban J connectivity index is 1.77. The second kappa shape index (κ2) is 7.77. The van der Waals surface area contributed by atoms with Crippen molar-refractivity contribution in [2.45, 2.75) is 6.61 Å². The molecule has 0 aliphatic rings. The Morgan fingerprint density at radius 1 is 1.00 bits per heavy atom. The number of amides is 1. The van der Waals surface area contributed by atoms with Crippen LogP contribution in [-0.2, 0) is 6.61 Å². The Bertz CT molecular complexity index is 1030. The standard InChI is InChI=1S/C19H13F3N2O3/c20-13-5-3-12(4-6-13)11-27-24-9-1-2-15(19(24)26)18(25)23-17-10-14(21)7-8-16(17)22/h1-10H,11H2,(H,23,25). The van der Waals surface area contributed by atoms with Crippen molar-refractivity contribution < 1.29 is 22.8 Å². The third-order valence-corrected chi connectivity index (χ3v) is 3.62. The second-order valence-electron chi connectivity index (χ2n) is 5.53. The van der Waals surface area contributed by atoms with E-state index < -0.39 is 28.9 Å². The summed E-state index contributed by atoms with van der Waals surface area (Å²) in [5.74, 6) is -2.89. The predicted octanol–water partition coefficient (Wildman–Crippen LogP) is 3.15. The minimum atomic E-state index is -0.913. The van der Waals surface area contributed by atoms with Crippen LogP contribution in [0.1, 0.15) is 15.9 Å². The van der Waals surface area contributed by atoms with Gasteiger partial charge in [0.2, 0.25) is 0 Å². The minimum absolute atomic E-state index is 0.0379. The molecule has 1 N–H and O–H groups in total. The highest BCUT2D eigenvalue weighted by Gasteiger charge is 2.15. The van der Waals surface area contributed by atoms with Gasteiger partial charge in [-0.3, -0.25) is 9.59 Å². The van der Waals surface area contributed by atoms with Gasteiger partial charge >= 0.3 is 0 Å². The van der Waals surface area contributed by atoms with Crippen LogP contribution in [0, 0.1) is 17.5 Å². The summed E-state index contributed by atoms with van der Waals surface area (Å²) in [6.45, 7) is -0.0379. The van der Waals surface area contributed by atoms with Gasteiger partial charge in [0.15, 0.2) is 0 Å². The van der Waals surface area contributed by atoms with Crippen molar-refractivity contribution in [3.8, 4) is 0 Å². The SMILES string of the molecule is O=C(Nc1cc(F)ccc1F)c1cccn(OCc2ccc(F)cc2)c1=O. The number of carbonyl (C=O) groups excluding carboxylic acids is 1. The van der Waals surface area contributed by atoms with Gasteiger partial charge in [0.05, 0.1) is 5.69 Å². The molecule has 1 heterocycles. The van der Waals surface area contributed by atoms with Crippen molar-refractivity contribution in [2.24, 2.45) is 0 Å². The highest BCUT2D eigenvalue weighted by Crippen LogP contribution is 2.15. The zero-order chi connectivity index (χ0) is 19.4. The second-order valence-corrected chi connectivity index (χ2v) is 5.53. The quantitative estimate of drug-likeness (QED) is 0.746. The van der Waals surface area contributed by atoms with Crippen LogP contribution >= 0.6 is 0 Å². The number of halogens is 3. The number of nitrogens with zero attached hydrogens (tertiary/aromatic N) is 1. The average molecular weight is 374 g/mol. The number of benzene rings is 2. The van der Waals surface area contributed by atoms with E-state index in [9.17, 15) is 22.8 Å². The lowest BCUT2D eigenvalue weighted by molar-refractivity contribution is 0.0863. The fraction of sp³-hybridized carbons (Fsp3) is 0.0526. The molecule has 3 aromatic rings. The lowest BCUT2D eigenvalue weighted by atomic mass is 10.2. The normalized spacial score (nSPS) is 10.5. The highest BCUT2D eigenvalue weighted by atomic mass is 19.1. The van der Waals surface area contributed by atoms with Crippen molar-refractivity contribution in [2.75, 3.05) is 5.32 Å². The predicted molar refractivity (Wildman–Crippen MR) is 91.7 cm³/mol. The van der Waals surface area contributed by atoms with Crippen LogP contribution in [0.2, 0.25) is 0 Å². The van der Waals surface area contributed by atoms with E-state index in [-0.39, 0.29) is 17.9 Å². The van der Waals surface area contributed by atoms with E-state index in [0.29, 0.717) is 5.56 Å². The zero-order valence-electron chi connectivity index (χ0n) is 13.8. The van der Waals surface area contributed by atoms with Crippen molar-refractivity contribution in [1.82, 2.24) is 4.73 Å². The van der Waals surface area contributed by atoms with E-state index in [1.807, 2.05) is 0 Å². The number of carbonyl (C=O) groups is 1. The third kappa shape index (κ3) is 4.35. The minimum Gasteiger partial charge on any atom is -0.406 e. The van der Waals surface area contributed by atoms with Crippen LogP contribution in [0.4, 0.5) is 18.9 Å². The van der Waals surface area contributed by atoms with Gasteiger partial charge in [-0.15, -0.1) is 0 Å². The molecule has 0 aliphatic heterocycles. The van der Waals surface area contributed by atoms with Crippen molar-refractivity contribution in [3.05, 3.63) is 99.7 Å². The molecule has 0 unspecified atom stereocenters. The number of pyridine rings is 1. The molecule has 0 saturated carbocycles. The first-order valence-corrected chi connectivity index (χ1v) is 7.80. The van der Waals surface area contributed by atoms with Crippen molar-refractivity contribution in [3.63, 3.8) is 0 Å². The molecule has 0 saturated heterocycles. The number of anilines is 1. The molecule has 1 amide bonds. The van der Waals surface area contributed by atoms with E-state index in [4.69, 9.17) is 4.84 Å². The highest BCUT2D eigenvalue weighted by molar-refractivity contribution is 6.04. The monoisotopic (exact) mass is 374 g/mol. The zero-order valence-corrected chi connectivity index (χ0v) is 13.8. The van der Waals surface area contributed by atoms with Crippen LogP contribution < -0.4 is 15.7 Å². The first-order valence-electron chi connectivity index (χ1n) is 7.80. The van der Waals surface area contributed by atoms with E-state index in [1.165, 1.54) is 42.6 Å². The fourth-order valence-electron chi connectivity index (χ4n) is 2.26. The molecule has 0 bridgehead atoms. The Morgan fingerprint density at radius 3 is 2.44 bits per heavy atom. The first kappa shape index (κ1) is 18.2. The Morgan fingerprint density at radius 2 is 1.70 bits per heavy atom. The summed E-state index contributed by atoms with van der Waals surface area (Å²) in [6.07, 6.45) is 1.30. The molecule has 0 aliphatic carbocycles. The Kier molecular flexibility index (Phi) is 5.25. The van der Waals surface area contributed by atoms with Crippen LogP contribution in [0.15, 0.2) is 65.6 Å². The van der Waals surface area contributed by atoms with Crippen LogP contribution in [0.3, 0.4) is 0 Å². The van der Waals surface area contributed by atoms with Gasteiger partial charge in [-0.25, -0.2) is 13.2 Å². The molecule has 8 heteroatoms. The Hall–Kier alpha value is -3.55. The molecule has 1 aromatic heterocycles. The maximum absolute atomic E-state index is 13.6. The summed E-state index contributed by atoms with van der Waals surface area (Å²) in [5.41, 5.74) is -0.879. The summed E-state index contributed by atoms with van der Waals surface area (Å²) >= 11 is 0. The number of aromatic nitrogens is 1. The molecule has 3 rings (SSSR count). The van der Waals surface area contributed by atoms with Crippen LogP contribution in [0.25, 0.3) is 0 Å². The fourth-order valence-corrected chi connectivity index (χ4v) is 2.26. The first-order chi connectivity index (χ1) is 12.9. The lowest BCUT2D eigenvalue weighted by Gasteiger charge is -2.10. The van der Waals surface area contributed by atoms with E-state index in [2.05, 4.69) is 5.32 Å². The van der Waals surface area contributed by atoms with Gasteiger partial charge in [-0.2, -0.15) is 4.73 Å². The number of rotatable bonds is 5. The van der Waals surface area contributed by atoms with Crippen molar-refractivity contribution in [1.29, 1.82) is 0 Å². The van der Waals surface area contributed by atoms with Gasteiger partial charge in [-0.1, -0.05) is 12.1 Å². The molecule has 5 nitrogen and oxygen atoms in total. The summed E-state index contributed by atoms with van der Waals surface area (Å²) in [5, 5.41) is 2.15. The molecule has 0 radical (unpaired) electrons. The van der Waals surface area contributed by atoms with Gasteiger partial charge in [-0.05, 0) is 42.0 Å².